The monoisotopic (exact) mass is 281 g/mol. The number of sulfonamides is 1. The molecule has 1 aromatic rings. The van der Waals surface area contributed by atoms with Gasteiger partial charge < -0.3 is 0 Å². The third-order valence-electron chi connectivity index (χ3n) is 2.36. The Kier molecular flexibility index (Phi) is 3.89. The third kappa shape index (κ3) is 2.49. The van der Waals surface area contributed by atoms with Crippen molar-refractivity contribution in [2.75, 3.05) is 18.8 Å². The zero-order chi connectivity index (χ0) is 13.0. The van der Waals surface area contributed by atoms with Crippen LogP contribution in [0, 0.1) is 11.3 Å². The van der Waals surface area contributed by atoms with E-state index in [4.69, 9.17) is 5.26 Å². The maximum Gasteiger partial charge on any atom is 0.265 e. The number of nitrogens with zero attached hydrogens (tertiary/aromatic N) is 3. The van der Waals surface area contributed by atoms with Gasteiger partial charge >= 0.3 is 0 Å². The van der Waals surface area contributed by atoms with Crippen LogP contribution in [0.4, 0.5) is 0 Å². The van der Waals surface area contributed by atoms with E-state index in [-0.39, 0.29) is 10.6 Å². The first-order chi connectivity index (χ1) is 8.66. The van der Waals surface area contributed by atoms with Crippen LogP contribution in [-0.2, 0) is 10.0 Å². The number of rotatable bonds is 3. The fourth-order valence-electron chi connectivity index (χ4n) is 1.57. The van der Waals surface area contributed by atoms with Crippen molar-refractivity contribution in [2.45, 2.75) is 4.90 Å². The van der Waals surface area contributed by atoms with Crippen LogP contribution in [0.2, 0.25) is 0 Å². The molecule has 0 spiro atoms. The van der Waals surface area contributed by atoms with Gasteiger partial charge in [-0.25, -0.2) is 12.7 Å². The minimum Gasteiger partial charge on any atom is -0.260 e. The van der Waals surface area contributed by atoms with Crippen LogP contribution >= 0.6 is 11.8 Å². The topological polar surface area (TPSA) is 73.5 Å². The van der Waals surface area contributed by atoms with Crippen molar-refractivity contribution in [1.29, 1.82) is 5.26 Å². The van der Waals surface area contributed by atoms with Gasteiger partial charge in [0.15, 0.2) is 5.17 Å². The number of nitriles is 1. The van der Waals surface area contributed by atoms with Gasteiger partial charge in [-0.2, -0.15) is 5.26 Å². The number of hydrogen-bond donors (Lipinski definition) is 0. The second kappa shape index (κ2) is 5.42. The molecule has 1 aliphatic heterocycles. The average Bonchev–Trinajstić information content (AvgIpc) is 2.86. The van der Waals surface area contributed by atoms with Crippen molar-refractivity contribution < 1.29 is 8.42 Å². The summed E-state index contributed by atoms with van der Waals surface area (Å²) >= 11 is 1.15. The Hall–Kier alpha value is -1.52. The minimum absolute atomic E-state index is 0.194. The standard InChI is InChI=1S/C11H11N3O2S2/c12-6-9-17-11-13-7-8-14(11)18(15,16)10-4-2-1-3-5-10/h1-5H,7-9H2. The lowest BCUT2D eigenvalue weighted by Crippen LogP contribution is -2.32. The van der Waals surface area contributed by atoms with Crippen LogP contribution in [0.3, 0.4) is 0 Å². The average molecular weight is 281 g/mol. The first kappa shape index (κ1) is 12.9. The van der Waals surface area contributed by atoms with Crippen LogP contribution in [0.15, 0.2) is 40.2 Å². The first-order valence-corrected chi connectivity index (χ1v) is 7.71. The number of benzene rings is 1. The van der Waals surface area contributed by atoms with Crippen LogP contribution in [0.1, 0.15) is 0 Å². The molecule has 0 atom stereocenters. The number of aliphatic imine (C=N–C) groups is 1. The summed E-state index contributed by atoms with van der Waals surface area (Å²) in [6.45, 7) is 0.783. The predicted molar refractivity (Wildman–Crippen MR) is 70.7 cm³/mol. The van der Waals surface area contributed by atoms with Crippen molar-refractivity contribution in [1.82, 2.24) is 4.31 Å². The first-order valence-electron chi connectivity index (χ1n) is 5.28. The zero-order valence-corrected chi connectivity index (χ0v) is 11.1. The Morgan fingerprint density at radius 2 is 2.11 bits per heavy atom. The summed E-state index contributed by atoms with van der Waals surface area (Å²) < 4.78 is 26.0. The third-order valence-corrected chi connectivity index (χ3v) is 5.16. The Morgan fingerprint density at radius 3 is 2.78 bits per heavy atom. The quantitative estimate of drug-likeness (QED) is 0.837. The molecule has 5 nitrogen and oxygen atoms in total. The van der Waals surface area contributed by atoms with Crippen LogP contribution in [0.25, 0.3) is 0 Å². The highest BCUT2D eigenvalue weighted by atomic mass is 32.2. The Morgan fingerprint density at radius 1 is 1.39 bits per heavy atom. The van der Waals surface area contributed by atoms with Gasteiger partial charge in [0.05, 0.1) is 29.8 Å². The smallest absolute Gasteiger partial charge is 0.260 e. The molecule has 0 N–H and O–H groups in total. The van der Waals surface area contributed by atoms with Crippen molar-refractivity contribution in [3.8, 4) is 6.07 Å². The molecule has 94 valence electrons. The molecule has 0 unspecified atom stereocenters. The van der Waals surface area contributed by atoms with E-state index < -0.39 is 10.0 Å². The Bertz CT molecular complexity index is 590. The normalized spacial score (nSPS) is 15.3. The molecule has 0 aliphatic carbocycles. The fourth-order valence-corrected chi connectivity index (χ4v) is 3.97. The van der Waals surface area contributed by atoms with Gasteiger partial charge in [0.25, 0.3) is 10.0 Å². The van der Waals surface area contributed by atoms with E-state index in [1.54, 1.807) is 30.3 Å². The van der Waals surface area contributed by atoms with Gasteiger partial charge in [-0.3, -0.25) is 4.99 Å². The molecular formula is C11H11N3O2S2. The highest BCUT2D eigenvalue weighted by Crippen LogP contribution is 2.23. The molecule has 0 aromatic heterocycles. The second-order valence-corrected chi connectivity index (χ2v) is 6.31. The van der Waals surface area contributed by atoms with Gasteiger partial charge in [-0.1, -0.05) is 30.0 Å². The van der Waals surface area contributed by atoms with Crippen LogP contribution < -0.4 is 0 Å². The molecule has 0 saturated heterocycles. The molecule has 18 heavy (non-hydrogen) atoms. The van der Waals surface area contributed by atoms with E-state index in [0.29, 0.717) is 18.3 Å². The molecule has 2 rings (SSSR count). The maximum atomic E-state index is 12.4. The Balaban J connectivity index is 2.27. The number of amidine groups is 1. The maximum absolute atomic E-state index is 12.4. The second-order valence-electron chi connectivity index (χ2n) is 3.50. The van der Waals surface area contributed by atoms with Crippen LogP contribution in [0.5, 0.6) is 0 Å². The van der Waals surface area contributed by atoms with E-state index >= 15 is 0 Å². The molecule has 1 heterocycles. The van der Waals surface area contributed by atoms with Crippen molar-refractivity contribution in [3.63, 3.8) is 0 Å². The zero-order valence-electron chi connectivity index (χ0n) is 9.48. The number of hydrogen-bond acceptors (Lipinski definition) is 5. The SMILES string of the molecule is N#CCSC1=NCCN1S(=O)(=O)c1ccccc1. The largest absolute Gasteiger partial charge is 0.265 e. The fraction of sp³-hybridized carbons (Fsp3) is 0.273. The van der Waals surface area contributed by atoms with E-state index in [0.717, 1.165) is 11.8 Å². The molecule has 0 radical (unpaired) electrons. The van der Waals surface area contributed by atoms with Gasteiger partial charge in [-0.15, -0.1) is 0 Å². The number of thioether (sulfide) groups is 1. The highest BCUT2D eigenvalue weighted by Gasteiger charge is 2.30. The van der Waals surface area contributed by atoms with E-state index in [1.807, 2.05) is 6.07 Å². The molecule has 0 bridgehead atoms. The van der Waals surface area contributed by atoms with Crippen molar-refractivity contribution in [3.05, 3.63) is 30.3 Å². The molecule has 0 saturated carbocycles. The van der Waals surface area contributed by atoms with E-state index in [1.165, 1.54) is 4.31 Å². The Labute approximate surface area is 110 Å². The highest BCUT2D eigenvalue weighted by molar-refractivity contribution is 8.15. The van der Waals surface area contributed by atoms with Gasteiger partial charge in [0, 0.05) is 0 Å². The summed E-state index contributed by atoms with van der Waals surface area (Å²) in [5.41, 5.74) is 0. The van der Waals surface area contributed by atoms with Crippen LogP contribution in [-0.4, -0.2) is 36.7 Å². The molecule has 7 heteroatoms. The lowest BCUT2D eigenvalue weighted by molar-refractivity contribution is 0.540. The van der Waals surface area contributed by atoms with E-state index in [9.17, 15) is 8.42 Å². The molecule has 0 amide bonds. The summed E-state index contributed by atoms with van der Waals surface area (Å²) in [6.07, 6.45) is 0. The summed E-state index contributed by atoms with van der Waals surface area (Å²) in [5, 5.41) is 8.94. The molecule has 0 fully saturated rings. The van der Waals surface area contributed by atoms with Gasteiger partial charge in [-0.05, 0) is 12.1 Å². The molecular weight excluding hydrogens is 270 g/mol. The van der Waals surface area contributed by atoms with Gasteiger partial charge in [0.2, 0.25) is 0 Å². The van der Waals surface area contributed by atoms with Crippen molar-refractivity contribution in [2.24, 2.45) is 4.99 Å². The predicted octanol–water partition coefficient (Wildman–Crippen LogP) is 1.30. The summed E-state index contributed by atoms with van der Waals surface area (Å²) in [6, 6.07) is 10.2. The molecule has 1 aliphatic rings. The minimum atomic E-state index is -3.55. The molecule has 1 aromatic carbocycles. The lowest BCUT2D eigenvalue weighted by Gasteiger charge is -2.19. The van der Waals surface area contributed by atoms with Gasteiger partial charge in [0.1, 0.15) is 0 Å². The summed E-state index contributed by atoms with van der Waals surface area (Å²) in [7, 11) is -3.55. The lowest BCUT2D eigenvalue weighted by atomic mass is 10.4. The summed E-state index contributed by atoms with van der Waals surface area (Å²) in [4.78, 5) is 4.37. The van der Waals surface area contributed by atoms with E-state index in [2.05, 4.69) is 4.99 Å². The van der Waals surface area contributed by atoms with Crippen molar-refractivity contribution >= 4 is 27.0 Å². The summed E-state index contributed by atoms with van der Waals surface area (Å²) in [5.74, 6) is 0.194.